The van der Waals surface area contributed by atoms with E-state index in [2.05, 4.69) is 15.0 Å². The number of aryl methyl sites for hydroxylation is 1. The second-order valence-electron chi connectivity index (χ2n) is 5.97. The lowest BCUT2D eigenvalue weighted by atomic mass is 10.1. The summed E-state index contributed by atoms with van der Waals surface area (Å²) in [6.07, 6.45) is 0. The maximum atomic E-state index is 11.9. The number of benzene rings is 2. The van der Waals surface area contributed by atoms with Gasteiger partial charge in [-0.05, 0) is 48.3 Å². The predicted molar refractivity (Wildman–Crippen MR) is 107 cm³/mol. The molecule has 1 unspecified atom stereocenters. The van der Waals surface area contributed by atoms with Gasteiger partial charge in [-0.3, -0.25) is 9.59 Å². The zero-order valence-corrected chi connectivity index (χ0v) is 15.4. The number of amides is 2. The third-order valence-electron chi connectivity index (χ3n) is 3.90. The van der Waals surface area contributed by atoms with Gasteiger partial charge >= 0.3 is 0 Å². The van der Waals surface area contributed by atoms with E-state index in [1.807, 2.05) is 43.3 Å². The molecule has 6 N–H and O–H groups in total. The monoisotopic (exact) mass is 381 g/mol. The van der Waals surface area contributed by atoms with Crippen molar-refractivity contribution in [3.8, 4) is 0 Å². The van der Waals surface area contributed by atoms with Gasteiger partial charge in [0.1, 0.15) is 11.0 Å². The zero-order valence-electron chi connectivity index (χ0n) is 14.6. The van der Waals surface area contributed by atoms with Gasteiger partial charge in [-0.15, -0.1) is 0 Å². The van der Waals surface area contributed by atoms with Gasteiger partial charge in [0.25, 0.3) is 5.91 Å². The molecule has 1 aromatic heterocycles. The second kappa shape index (κ2) is 7.88. The molecular formula is C19H19N5O2S. The molecular weight excluding hydrogens is 362 g/mol. The van der Waals surface area contributed by atoms with Crippen molar-refractivity contribution < 1.29 is 9.59 Å². The van der Waals surface area contributed by atoms with Gasteiger partial charge in [0.2, 0.25) is 5.91 Å². The Morgan fingerprint density at radius 2 is 1.81 bits per heavy atom. The first-order chi connectivity index (χ1) is 12.9. The van der Waals surface area contributed by atoms with Gasteiger partial charge in [0.05, 0.1) is 16.9 Å². The molecule has 8 heteroatoms. The first-order valence-corrected chi connectivity index (χ1v) is 8.96. The summed E-state index contributed by atoms with van der Waals surface area (Å²) in [5.41, 5.74) is 14.1. The van der Waals surface area contributed by atoms with Crippen LogP contribution in [0.3, 0.4) is 0 Å². The summed E-state index contributed by atoms with van der Waals surface area (Å²) in [4.78, 5) is 23.7. The summed E-state index contributed by atoms with van der Waals surface area (Å²) < 4.78 is 4.21. The van der Waals surface area contributed by atoms with E-state index in [1.54, 1.807) is 18.2 Å². The van der Waals surface area contributed by atoms with Crippen molar-refractivity contribution in [2.75, 3.05) is 10.6 Å². The van der Waals surface area contributed by atoms with Crippen LogP contribution in [0.15, 0.2) is 54.6 Å². The average Bonchev–Trinajstić information content (AvgIpc) is 3.05. The normalized spacial score (nSPS) is 11.6. The molecule has 7 nitrogen and oxygen atoms in total. The molecule has 0 bridgehead atoms. The Morgan fingerprint density at radius 1 is 1.07 bits per heavy atom. The fraction of sp³-hybridized carbons (Fsp3) is 0.105. The largest absolute Gasteiger partial charge is 0.370 e. The first kappa shape index (κ1) is 18.4. The highest BCUT2D eigenvalue weighted by molar-refractivity contribution is 7.10. The first-order valence-electron chi connectivity index (χ1n) is 8.19. The van der Waals surface area contributed by atoms with Gasteiger partial charge < -0.3 is 22.1 Å². The molecule has 1 atom stereocenters. The smallest absolute Gasteiger partial charge is 0.250 e. The Hall–Kier alpha value is -3.39. The number of hydrogen-bond donors (Lipinski definition) is 4. The number of primary amides is 2. The number of aromatic nitrogens is 1. The van der Waals surface area contributed by atoms with Crippen molar-refractivity contribution in [3.63, 3.8) is 0 Å². The molecule has 0 aliphatic carbocycles. The van der Waals surface area contributed by atoms with E-state index < -0.39 is 17.9 Å². The Bertz CT molecular complexity index is 971. The van der Waals surface area contributed by atoms with Crippen molar-refractivity contribution >= 4 is 39.7 Å². The highest BCUT2D eigenvalue weighted by atomic mass is 32.1. The molecule has 1 heterocycles. The molecule has 0 fully saturated rings. The van der Waals surface area contributed by atoms with E-state index in [1.165, 1.54) is 11.5 Å². The van der Waals surface area contributed by atoms with Crippen LogP contribution in [0.2, 0.25) is 0 Å². The average molecular weight is 381 g/mol. The molecule has 0 aliphatic heterocycles. The van der Waals surface area contributed by atoms with Crippen LogP contribution in [0.5, 0.6) is 0 Å². The van der Waals surface area contributed by atoms with Gasteiger partial charge in [-0.25, -0.2) is 0 Å². The van der Waals surface area contributed by atoms with Crippen LogP contribution in [0.25, 0.3) is 0 Å². The van der Waals surface area contributed by atoms with E-state index in [9.17, 15) is 9.59 Å². The maximum Gasteiger partial charge on any atom is 0.250 e. The molecule has 0 aliphatic rings. The summed E-state index contributed by atoms with van der Waals surface area (Å²) in [6, 6.07) is 15.3. The van der Waals surface area contributed by atoms with Crippen molar-refractivity contribution in [2.24, 2.45) is 11.5 Å². The molecule has 0 spiro atoms. The van der Waals surface area contributed by atoms with Crippen LogP contribution in [0, 0.1) is 6.92 Å². The topological polar surface area (TPSA) is 123 Å². The third-order valence-corrected chi connectivity index (χ3v) is 4.70. The molecule has 0 saturated carbocycles. The lowest BCUT2D eigenvalue weighted by molar-refractivity contribution is -0.118. The summed E-state index contributed by atoms with van der Waals surface area (Å²) in [6.45, 7) is 1.88. The van der Waals surface area contributed by atoms with Crippen LogP contribution in [-0.4, -0.2) is 16.2 Å². The number of nitrogens with two attached hydrogens (primary N) is 2. The van der Waals surface area contributed by atoms with Crippen molar-refractivity contribution in [1.82, 2.24) is 4.37 Å². The molecule has 2 aromatic carbocycles. The van der Waals surface area contributed by atoms with E-state index in [0.717, 1.165) is 16.3 Å². The van der Waals surface area contributed by atoms with Crippen LogP contribution in [0.4, 0.5) is 16.4 Å². The highest BCUT2D eigenvalue weighted by Crippen LogP contribution is 2.29. The fourth-order valence-corrected chi connectivity index (χ4v) is 3.31. The number of rotatable bonds is 7. The molecule has 3 aromatic rings. The molecule has 138 valence electrons. The number of carbonyl (C=O) groups excluding carboxylic acids is 2. The lowest BCUT2D eigenvalue weighted by Crippen LogP contribution is -2.27. The molecule has 3 rings (SSSR count). The summed E-state index contributed by atoms with van der Waals surface area (Å²) >= 11 is 1.28. The van der Waals surface area contributed by atoms with Crippen molar-refractivity contribution in [2.45, 2.75) is 13.0 Å². The Balaban J connectivity index is 1.92. The van der Waals surface area contributed by atoms with E-state index in [4.69, 9.17) is 11.5 Å². The molecule has 27 heavy (non-hydrogen) atoms. The predicted octanol–water partition coefficient (Wildman–Crippen LogP) is 2.93. The number of nitrogens with zero attached hydrogens (tertiary/aromatic N) is 1. The minimum Gasteiger partial charge on any atom is -0.370 e. The molecule has 2 amide bonds. The quantitative estimate of drug-likeness (QED) is 0.501. The second-order valence-corrected chi connectivity index (χ2v) is 6.78. The number of anilines is 3. The molecule has 0 saturated heterocycles. The van der Waals surface area contributed by atoms with Gasteiger partial charge in [0.15, 0.2) is 0 Å². The SMILES string of the molecule is Cc1cc(Nc2cc(NC(C(N)=O)c3ccccc3)ccc2C(N)=O)sn1. The Kier molecular flexibility index (Phi) is 5.37. The van der Waals surface area contributed by atoms with Crippen molar-refractivity contribution in [3.05, 3.63) is 71.4 Å². The standard InChI is InChI=1S/C19H19N5O2S/c1-11-9-16(27-24-11)23-15-10-13(7-8-14(15)18(20)25)22-17(19(21)26)12-5-3-2-4-6-12/h2-10,17,22-23H,1H3,(H2,20,25)(H2,21,26). The minimum atomic E-state index is -0.705. The van der Waals surface area contributed by atoms with Crippen molar-refractivity contribution in [1.29, 1.82) is 0 Å². The number of carbonyl (C=O) groups is 2. The minimum absolute atomic E-state index is 0.335. The summed E-state index contributed by atoms with van der Waals surface area (Å²) in [5, 5.41) is 7.05. The van der Waals surface area contributed by atoms with E-state index in [0.29, 0.717) is 16.9 Å². The van der Waals surface area contributed by atoms with Gasteiger partial charge in [-0.2, -0.15) is 4.37 Å². The summed E-state index contributed by atoms with van der Waals surface area (Å²) in [7, 11) is 0. The van der Waals surface area contributed by atoms with Crippen LogP contribution in [0.1, 0.15) is 27.7 Å². The van der Waals surface area contributed by atoms with Crippen LogP contribution >= 0.6 is 11.5 Å². The van der Waals surface area contributed by atoms with Gasteiger partial charge in [-0.1, -0.05) is 30.3 Å². The number of hydrogen-bond acceptors (Lipinski definition) is 6. The molecule has 0 radical (unpaired) electrons. The van der Waals surface area contributed by atoms with E-state index >= 15 is 0 Å². The fourth-order valence-electron chi connectivity index (χ4n) is 2.64. The Morgan fingerprint density at radius 3 is 2.41 bits per heavy atom. The van der Waals surface area contributed by atoms with Gasteiger partial charge in [0, 0.05) is 5.69 Å². The Labute approximate surface area is 160 Å². The lowest BCUT2D eigenvalue weighted by Gasteiger charge is -2.18. The zero-order chi connectivity index (χ0) is 19.4. The highest BCUT2D eigenvalue weighted by Gasteiger charge is 2.18. The maximum absolute atomic E-state index is 11.9. The van der Waals surface area contributed by atoms with Crippen LogP contribution in [-0.2, 0) is 4.79 Å². The van der Waals surface area contributed by atoms with E-state index in [-0.39, 0.29) is 0 Å². The van der Waals surface area contributed by atoms with Crippen LogP contribution < -0.4 is 22.1 Å². The summed E-state index contributed by atoms with van der Waals surface area (Å²) in [5.74, 6) is -1.06. The third kappa shape index (κ3) is 4.42. The number of nitrogens with one attached hydrogen (secondary N) is 2.